The molecule has 21 heavy (non-hydrogen) atoms. The van der Waals surface area contributed by atoms with Gasteiger partial charge in [0, 0.05) is 51.4 Å². The zero-order valence-corrected chi connectivity index (χ0v) is 12.7. The zero-order chi connectivity index (χ0) is 15.5. The minimum absolute atomic E-state index is 0.133. The molecule has 0 unspecified atom stereocenters. The lowest BCUT2D eigenvalue weighted by atomic mass is 10.1. The fraction of sp³-hybridized carbons (Fsp3) is 0.600. The molecule has 6 heteroatoms. The fourth-order valence-electron chi connectivity index (χ4n) is 2.63. The molecule has 1 saturated heterocycles. The van der Waals surface area contributed by atoms with E-state index in [0.29, 0.717) is 6.54 Å². The standard InChI is InChI=1S/C15H23N3O3/c1-15(2,19)12-17-9-7-16(8-10-17)11-13-3-5-14(6-4-13)18(20)21/h3-6,19H,7-12H2,1-2H3. The number of nitro benzene ring substituents is 1. The van der Waals surface area contributed by atoms with Gasteiger partial charge in [-0.3, -0.25) is 19.9 Å². The molecular formula is C15H23N3O3. The van der Waals surface area contributed by atoms with Gasteiger partial charge in [0.1, 0.15) is 0 Å². The Balaban J connectivity index is 1.82. The van der Waals surface area contributed by atoms with Crippen LogP contribution in [0, 0.1) is 10.1 Å². The lowest BCUT2D eigenvalue weighted by Crippen LogP contribution is -2.50. The molecule has 0 atom stereocenters. The van der Waals surface area contributed by atoms with Crippen molar-refractivity contribution in [3.8, 4) is 0 Å². The molecule has 0 spiro atoms. The SMILES string of the molecule is CC(C)(O)CN1CCN(Cc2ccc([N+](=O)[O-])cc2)CC1. The summed E-state index contributed by atoms with van der Waals surface area (Å²) in [6.07, 6.45) is 0. The summed E-state index contributed by atoms with van der Waals surface area (Å²) >= 11 is 0. The Kier molecular flexibility index (Phi) is 4.92. The van der Waals surface area contributed by atoms with Crippen LogP contribution in [0.5, 0.6) is 0 Å². The Bertz CT molecular complexity index is 474. The van der Waals surface area contributed by atoms with E-state index in [1.54, 1.807) is 12.1 Å². The molecule has 0 amide bonds. The number of nitrogens with zero attached hydrogens (tertiary/aromatic N) is 3. The predicted molar refractivity (Wildman–Crippen MR) is 81.1 cm³/mol. The second-order valence-corrected chi connectivity index (χ2v) is 6.29. The van der Waals surface area contributed by atoms with Gasteiger partial charge in [-0.15, -0.1) is 0 Å². The highest BCUT2D eigenvalue weighted by Gasteiger charge is 2.22. The van der Waals surface area contributed by atoms with Gasteiger partial charge in [0.15, 0.2) is 0 Å². The second kappa shape index (κ2) is 6.51. The number of nitro groups is 1. The van der Waals surface area contributed by atoms with Crippen molar-refractivity contribution in [3.05, 3.63) is 39.9 Å². The highest BCUT2D eigenvalue weighted by molar-refractivity contribution is 5.32. The topological polar surface area (TPSA) is 69.8 Å². The molecule has 0 aromatic heterocycles. The summed E-state index contributed by atoms with van der Waals surface area (Å²) in [6.45, 7) is 8.95. The minimum Gasteiger partial charge on any atom is -0.389 e. The molecule has 1 fully saturated rings. The number of piperazine rings is 1. The monoisotopic (exact) mass is 293 g/mol. The highest BCUT2D eigenvalue weighted by Crippen LogP contribution is 2.15. The molecule has 0 bridgehead atoms. The number of aliphatic hydroxyl groups is 1. The summed E-state index contributed by atoms with van der Waals surface area (Å²) in [5.74, 6) is 0. The predicted octanol–water partition coefficient (Wildman–Crippen LogP) is 1.48. The van der Waals surface area contributed by atoms with Gasteiger partial charge in [-0.1, -0.05) is 12.1 Å². The summed E-state index contributed by atoms with van der Waals surface area (Å²) < 4.78 is 0. The normalized spacial score (nSPS) is 17.9. The van der Waals surface area contributed by atoms with Gasteiger partial charge in [-0.2, -0.15) is 0 Å². The molecule has 6 nitrogen and oxygen atoms in total. The molecule has 1 aromatic rings. The number of rotatable bonds is 5. The van der Waals surface area contributed by atoms with Crippen molar-refractivity contribution in [2.75, 3.05) is 32.7 Å². The Morgan fingerprint density at radius 2 is 1.67 bits per heavy atom. The van der Waals surface area contributed by atoms with Crippen LogP contribution in [0.25, 0.3) is 0 Å². The van der Waals surface area contributed by atoms with E-state index in [9.17, 15) is 15.2 Å². The maximum atomic E-state index is 10.6. The number of hydrogen-bond donors (Lipinski definition) is 1. The van der Waals surface area contributed by atoms with E-state index in [1.165, 1.54) is 0 Å². The van der Waals surface area contributed by atoms with Crippen LogP contribution in [0.4, 0.5) is 5.69 Å². The summed E-state index contributed by atoms with van der Waals surface area (Å²) in [5, 5.41) is 20.5. The van der Waals surface area contributed by atoms with Crippen LogP contribution >= 0.6 is 0 Å². The van der Waals surface area contributed by atoms with Crippen molar-refractivity contribution in [1.29, 1.82) is 0 Å². The lowest BCUT2D eigenvalue weighted by Gasteiger charge is -2.37. The molecule has 0 aliphatic carbocycles. The Labute approximate surface area is 125 Å². The summed E-state index contributed by atoms with van der Waals surface area (Å²) in [7, 11) is 0. The van der Waals surface area contributed by atoms with E-state index in [4.69, 9.17) is 0 Å². The molecule has 1 aliphatic rings. The Morgan fingerprint density at radius 1 is 1.14 bits per heavy atom. The third-order valence-corrected chi connectivity index (χ3v) is 3.63. The van der Waals surface area contributed by atoms with Gasteiger partial charge >= 0.3 is 0 Å². The number of hydrogen-bond acceptors (Lipinski definition) is 5. The third kappa shape index (κ3) is 5.08. The zero-order valence-electron chi connectivity index (χ0n) is 12.7. The Morgan fingerprint density at radius 3 is 2.14 bits per heavy atom. The van der Waals surface area contributed by atoms with Gasteiger partial charge in [-0.05, 0) is 19.4 Å². The van der Waals surface area contributed by atoms with Gasteiger partial charge in [0.25, 0.3) is 5.69 Å². The van der Waals surface area contributed by atoms with Crippen LogP contribution in [0.15, 0.2) is 24.3 Å². The van der Waals surface area contributed by atoms with E-state index in [-0.39, 0.29) is 10.6 Å². The molecule has 116 valence electrons. The van der Waals surface area contributed by atoms with Gasteiger partial charge in [0.05, 0.1) is 10.5 Å². The first-order chi connectivity index (χ1) is 9.83. The first-order valence-electron chi connectivity index (χ1n) is 7.24. The van der Waals surface area contributed by atoms with Crippen molar-refractivity contribution in [2.45, 2.75) is 26.0 Å². The van der Waals surface area contributed by atoms with Crippen LogP contribution in [0.3, 0.4) is 0 Å². The Hall–Kier alpha value is -1.50. The largest absolute Gasteiger partial charge is 0.389 e. The third-order valence-electron chi connectivity index (χ3n) is 3.63. The van der Waals surface area contributed by atoms with Crippen molar-refractivity contribution < 1.29 is 10.0 Å². The van der Waals surface area contributed by atoms with Crippen LogP contribution in [-0.2, 0) is 6.54 Å². The molecule has 1 heterocycles. The van der Waals surface area contributed by atoms with Gasteiger partial charge < -0.3 is 5.11 Å². The van der Waals surface area contributed by atoms with E-state index >= 15 is 0 Å². The van der Waals surface area contributed by atoms with Crippen LogP contribution < -0.4 is 0 Å². The van der Waals surface area contributed by atoms with E-state index in [1.807, 2.05) is 26.0 Å². The minimum atomic E-state index is -0.652. The van der Waals surface area contributed by atoms with E-state index in [2.05, 4.69) is 9.80 Å². The number of non-ortho nitro benzene ring substituents is 1. The van der Waals surface area contributed by atoms with Crippen LogP contribution in [0.2, 0.25) is 0 Å². The maximum absolute atomic E-state index is 10.6. The van der Waals surface area contributed by atoms with Crippen molar-refractivity contribution in [1.82, 2.24) is 9.80 Å². The number of β-amino-alcohol motifs (C(OH)–C–C–N with tert-alkyl or cyclic N) is 1. The van der Waals surface area contributed by atoms with Crippen LogP contribution in [-0.4, -0.2) is 58.2 Å². The molecule has 2 rings (SSSR count). The highest BCUT2D eigenvalue weighted by atomic mass is 16.6. The summed E-state index contributed by atoms with van der Waals surface area (Å²) in [6, 6.07) is 6.75. The average Bonchev–Trinajstić information content (AvgIpc) is 2.40. The average molecular weight is 293 g/mol. The molecule has 0 saturated carbocycles. The van der Waals surface area contributed by atoms with Crippen molar-refractivity contribution in [3.63, 3.8) is 0 Å². The van der Waals surface area contributed by atoms with Crippen LogP contribution in [0.1, 0.15) is 19.4 Å². The van der Waals surface area contributed by atoms with E-state index in [0.717, 1.165) is 38.3 Å². The summed E-state index contributed by atoms with van der Waals surface area (Å²) in [5.41, 5.74) is 0.575. The molecule has 1 aliphatic heterocycles. The smallest absolute Gasteiger partial charge is 0.269 e. The summed E-state index contributed by atoms with van der Waals surface area (Å²) in [4.78, 5) is 14.9. The lowest BCUT2D eigenvalue weighted by molar-refractivity contribution is -0.384. The molecular weight excluding hydrogens is 270 g/mol. The van der Waals surface area contributed by atoms with Gasteiger partial charge in [-0.25, -0.2) is 0 Å². The second-order valence-electron chi connectivity index (χ2n) is 6.29. The number of benzene rings is 1. The molecule has 0 radical (unpaired) electrons. The fourth-order valence-corrected chi connectivity index (χ4v) is 2.63. The first-order valence-corrected chi connectivity index (χ1v) is 7.24. The van der Waals surface area contributed by atoms with Crippen molar-refractivity contribution in [2.24, 2.45) is 0 Å². The van der Waals surface area contributed by atoms with Crippen molar-refractivity contribution >= 4 is 5.69 Å². The maximum Gasteiger partial charge on any atom is 0.269 e. The first kappa shape index (κ1) is 15.9. The van der Waals surface area contributed by atoms with E-state index < -0.39 is 5.60 Å². The molecule has 1 N–H and O–H groups in total. The quantitative estimate of drug-likeness (QED) is 0.658. The molecule has 1 aromatic carbocycles. The van der Waals surface area contributed by atoms with Gasteiger partial charge in [0.2, 0.25) is 0 Å².